The van der Waals surface area contributed by atoms with E-state index >= 15 is 0 Å². The zero-order valence-electron chi connectivity index (χ0n) is 16.2. The third-order valence-corrected chi connectivity index (χ3v) is 12.3. The summed E-state index contributed by atoms with van der Waals surface area (Å²) in [7, 11) is -5.27. The lowest BCUT2D eigenvalue weighted by atomic mass is 10.5. The molecule has 0 amide bonds. The van der Waals surface area contributed by atoms with Crippen molar-refractivity contribution >= 4 is 25.2 Å². The number of ether oxygens (including phenoxy) is 2. The molecule has 0 bridgehead atoms. The molecular formula is C15H38O4Si3. The molecule has 0 aliphatic rings. The summed E-state index contributed by atoms with van der Waals surface area (Å²) in [4.78, 5) is 0. The largest absolute Gasteiger partial charge is 0.437 e. The van der Waals surface area contributed by atoms with Crippen molar-refractivity contribution in [3.05, 3.63) is 0 Å². The van der Waals surface area contributed by atoms with Crippen molar-refractivity contribution in [3.8, 4) is 0 Å². The molecule has 0 spiro atoms. The number of hydrogen-bond donors (Lipinski definition) is 0. The molecule has 4 nitrogen and oxygen atoms in total. The fraction of sp³-hybridized carbons (Fsp3) is 1.00. The van der Waals surface area contributed by atoms with Crippen LogP contribution in [0.2, 0.25) is 51.9 Å². The van der Waals surface area contributed by atoms with Crippen molar-refractivity contribution in [1.29, 1.82) is 0 Å². The van der Waals surface area contributed by atoms with Crippen LogP contribution in [0.5, 0.6) is 0 Å². The fourth-order valence-electron chi connectivity index (χ4n) is 2.36. The van der Waals surface area contributed by atoms with Crippen molar-refractivity contribution < 1.29 is 17.7 Å². The average Bonchev–Trinajstić information content (AvgIpc) is 2.21. The molecule has 0 rings (SSSR count). The monoisotopic (exact) mass is 366 g/mol. The zero-order valence-corrected chi connectivity index (χ0v) is 19.2. The minimum atomic E-state index is -2.09. The van der Waals surface area contributed by atoms with Gasteiger partial charge in [0.15, 0.2) is 16.6 Å². The van der Waals surface area contributed by atoms with Crippen LogP contribution in [-0.4, -0.2) is 51.1 Å². The van der Waals surface area contributed by atoms with Crippen LogP contribution < -0.4 is 0 Å². The predicted molar refractivity (Wildman–Crippen MR) is 102 cm³/mol. The molecule has 0 unspecified atom stereocenters. The summed E-state index contributed by atoms with van der Waals surface area (Å²) >= 11 is 0. The molecule has 0 aromatic rings. The lowest BCUT2D eigenvalue weighted by Gasteiger charge is -2.38. The van der Waals surface area contributed by atoms with Gasteiger partial charge >= 0.3 is 8.56 Å². The maximum Gasteiger partial charge on any atom is 0.314 e. The Labute approximate surface area is 141 Å². The molecule has 0 saturated heterocycles. The first-order valence-corrected chi connectivity index (χ1v) is 17.8. The van der Waals surface area contributed by atoms with Crippen molar-refractivity contribution in [1.82, 2.24) is 0 Å². The van der Waals surface area contributed by atoms with Crippen LogP contribution in [-0.2, 0) is 17.7 Å². The maximum atomic E-state index is 6.47. The molecule has 134 valence electrons. The number of hydrogen-bond acceptors (Lipinski definition) is 4. The van der Waals surface area contributed by atoms with Crippen LogP contribution in [0, 0.1) is 0 Å². The Balaban J connectivity index is 4.20. The average molecular weight is 367 g/mol. The summed E-state index contributed by atoms with van der Waals surface area (Å²) in [6.07, 6.45) is 1.27. The van der Waals surface area contributed by atoms with Crippen LogP contribution in [0.4, 0.5) is 0 Å². The first kappa shape index (κ1) is 22.5. The molecule has 0 aliphatic heterocycles. The maximum absolute atomic E-state index is 6.47. The smallest absolute Gasteiger partial charge is 0.314 e. The van der Waals surface area contributed by atoms with E-state index in [1.165, 1.54) is 0 Å². The van der Waals surface area contributed by atoms with Crippen molar-refractivity contribution in [2.75, 3.05) is 19.8 Å². The second-order valence-electron chi connectivity index (χ2n) is 8.20. The first-order valence-electron chi connectivity index (χ1n) is 8.43. The van der Waals surface area contributed by atoms with Crippen molar-refractivity contribution in [2.45, 2.75) is 78.2 Å². The lowest BCUT2D eigenvalue weighted by Crippen LogP contribution is -2.52. The predicted octanol–water partition coefficient (Wildman–Crippen LogP) is 4.59. The van der Waals surface area contributed by atoms with E-state index < -0.39 is 25.2 Å². The van der Waals surface area contributed by atoms with E-state index in [1.54, 1.807) is 0 Å². The topological polar surface area (TPSA) is 36.9 Å². The van der Waals surface area contributed by atoms with Gasteiger partial charge in [0.05, 0.1) is 19.3 Å². The Kier molecular flexibility index (Phi) is 9.92. The summed E-state index contributed by atoms with van der Waals surface area (Å²) in [6, 6.07) is 1.01. The van der Waals surface area contributed by atoms with E-state index in [0.717, 1.165) is 19.1 Å². The summed E-state index contributed by atoms with van der Waals surface area (Å²) in [5.41, 5.74) is 0. The van der Waals surface area contributed by atoms with Crippen LogP contribution in [0.3, 0.4) is 0 Å². The van der Waals surface area contributed by atoms with Gasteiger partial charge in [-0.2, -0.15) is 0 Å². The van der Waals surface area contributed by atoms with E-state index in [4.69, 9.17) is 17.7 Å². The van der Waals surface area contributed by atoms with E-state index in [-0.39, 0.29) is 6.10 Å². The van der Waals surface area contributed by atoms with Gasteiger partial charge in [-0.1, -0.05) is 0 Å². The molecule has 0 atom stereocenters. The van der Waals surface area contributed by atoms with Gasteiger partial charge in [-0.25, -0.2) is 0 Å². The summed E-state index contributed by atoms with van der Waals surface area (Å²) in [6.45, 7) is 21.9. The normalized spacial score (nSPS) is 13.9. The van der Waals surface area contributed by atoms with Gasteiger partial charge in [-0.05, 0) is 72.1 Å². The van der Waals surface area contributed by atoms with Crippen LogP contribution in [0.25, 0.3) is 0 Å². The Morgan fingerprint density at radius 1 is 0.727 bits per heavy atom. The summed E-state index contributed by atoms with van der Waals surface area (Å²) in [5.74, 6) is 0. The van der Waals surface area contributed by atoms with Gasteiger partial charge in [0.2, 0.25) is 0 Å². The highest BCUT2D eigenvalue weighted by atomic mass is 28.5. The molecule has 0 heterocycles. The molecule has 0 aliphatic carbocycles. The third-order valence-electron chi connectivity index (χ3n) is 2.64. The van der Waals surface area contributed by atoms with Gasteiger partial charge < -0.3 is 17.7 Å². The van der Waals surface area contributed by atoms with Crippen LogP contribution in [0.15, 0.2) is 0 Å². The molecule has 0 N–H and O–H groups in total. The van der Waals surface area contributed by atoms with Gasteiger partial charge in [-0.3, -0.25) is 0 Å². The minimum absolute atomic E-state index is 0.273. The Bertz CT molecular complexity index is 282. The fourth-order valence-corrected chi connectivity index (χ4v) is 14.9. The SMILES string of the molecule is CC(C)OCCOCCC[Si](C)(O[Si](C)(C)C)O[Si](C)(C)C. The number of rotatable bonds is 12. The Hall–Kier alpha value is 0.491. The highest BCUT2D eigenvalue weighted by Gasteiger charge is 2.39. The highest BCUT2D eigenvalue weighted by Crippen LogP contribution is 2.25. The van der Waals surface area contributed by atoms with Crippen molar-refractivity contribution in [2.24, 2.45) is 0 Å². The summed E-state index contributed by atoms with van der Waals surface area (Å²) < 4.78 is 24.1. The van der Waals surface area contributed by atoms with Gasteiger partial charge in [0.25, 0.3) is 0 Å². The lowest BCUT2D eigenvalue weighted by molar-refractivity contribution is 0.0195. The molecule has 0 fully saturated rings. The third kappa shape index (κ3) is 14.1. The molecule has 0 radical (unpaired) electrons. The first-order chi connectivity index (χ1) is 9.83. The second kappa shape index (κ2) is 9.71. The Morgan fingerprint density at radius 2 is 1.23 bits per heavy atom. The molecule has 0 aromatic heterocycles. The van der Waals surface area contributed by atoms with E-state index in [0.29, 0.717) is 13.2 Å². The van der Waals surface area contributed by atoms with E-state index in [9.17, 15) is 0 Å². The van der Waals surface area contributed by atoms with E-state index in [1.807, 2.05) is 13.8 Å². The standard InChI is InChI=1S/C15H38O4Si3/c1-15(2)17-13-12-16-11-10-14-22(9,18-20(3,4)5)19-21(6,7)8/h15H,10-14H2,1-9H3. The molecule has 22 heavy (non-hydrogen) atoms. The minimum Gasteiger partial charge on any atom is -0.437 e. The van der Waals surface area contributed by atoms with Gasteiger partial charge in [0.1, 0.15) is 0 Å². The quantitative estimate of drug-likeness (QED) is 0.374. The molecule has 7 heteroatoms. The second-order valence-corrected chi connectivity index (χ2v) is 21.0. The van der Waals surface area contributed by atoms with Crippen molar-refractivity contribution in [3.63, 3.8) is 0 Å². The Morgan fingerprint density at radius 3 is 1.64 bits per heavy atom. The molecular weight excluding hydrogens is 328 g/mol. The van der Waals surface area contributed by atoms with E-state index in [2.05, 4.69) is 45.8 Å². The van der Waals surface area contributed by atoms with Gasteiger partial charge in [-0.15, -0.1) is 0 Å². The van der Waals surface area contributed by atoms with Gasteiger partial charge in [0, 0.05) is 6.61 Å². The highest BCUT2D eigenvalue weighted by molar-refractivity contribution is 6.87. The summed E-state index contributed by atoms with van der Waals surface area (Å²) in [5, 5.41) is 0. The molecule has 0 aromatic carbocycles. The molecule has 0 saturated carbocycles. The zero-order chi connectivity index (χ0) is 17.4. The van der Waals surface area contributed by atoms with Crippen LogP contribution in [0.1, 0.15) is 20.3 Å². The van der Waals surface area contributed by atoms with Crippen LogP contribution >= 0.6 is 0 Å².